The number of aliphatic carboxylic acids is 1. The molecule has 1 N–H and O–H groups in total. The lowest BCUT2D eigenvalue weighted by Gasteiger charge is -2.20. The molecular formula is C10H11ClN2O3S. The summed E-state index contributed by atoms with van der Waals surface area (Å²) >= 11 is 7.24. The zero-order chi connectivity index (χ0) is 12.6. The molecule has 2 heterocycles. The van der Waals surface area contributed by atoms with Gasteiger partial charge in [0.25, 0.3) is 5.91 Å². The van der Waals surface area contributed by atoms with Crippen molar-refractivity contribution in [2.24, 2.45) is 7.05 Å². The molecule has 0 unspecified atom stereocenters. The second-order valence-corrected chi connectivity index (χ2v) is 5.22. The van der Waals surface area contributed by atoms with Crippen LogP contribution < -0.4 is 0 Å². The van der Waals surface area contributed by atoms with Crippen molar-refractivity contribution >= 4 is 35.2 Å². The first-order valence-electron chi connectivity index (χ1n) is 4.94. The SMILES string of the molecule is Cn1cc(Cl)cc1C(=O)N1CSC[C@H]1C(=O)O. The van der Waals surface area contributed by atoms with Gasteiger partial charge in [0.15, 0.2) is 0 Å². The van der Waals surface area contributed by atoms with Gasteiger partial charge in [-0.15, -0.1) is 11.8 Å². The van der Waals surface area contributed by atoms with E-state index in [1.807, 2.05) is 0 Å². The number of hydrogen-bond donors (Lipinski definition) is 1. The quantitative estimate of drug-likeness (QED) is 0.882. The number of hydrogen-bond acceptors (Lipinski definition) is 3. The average molecular weight is 275 g/mol. The largest absolute Gasteiger partial charge is 0.480 e. The van der Waals surface area contributed by atoms with Crippen LogP contribution in [-0.2, 0) is 11.8 Å². The van der Waals surface area contributed by atoms with Crippen LogP contribution in [0.2, 0.25) is 5.02 Å². The predicted octanol–water partition coefficient (Wildman–Crippen LogP) is 1.28. The van der Waals surface area contributed by atoms with Gasteiger partial charge in [0, 0.05) is 19.0 Å². The third-order valence-electron chi connectivity index (χ3n) is 2.62. The molecule has 1 fully saturated rings. The van der Waals surface area contributed by atoms with E-state index in [1.165, 1.54) is 16.7 Å². The van der Waals surface area contributed by atoms with Crippen molar-refractivity contribution in [2.75, 3.05) is 11.6 Å². The number of carboxylic acids is 1. The van der Waals surface area contributed by atoms with E-state index in [0.717, 1.165) is 0 Å². The summed E-state index contributed by atoms with van der Waals surface area (Å²) in [7, 11) is 1.71. The van der Waals surface area contributed by atoms with Gasteiger partial charge >= 0.3 is 5.97 Å². The number of amides is 1. The molecule has 1 saturated heterocycles. The predicted molar refractivity (Wildman–Crippen MR) is 65.3 cm³/mol. The summed E-state index contributed by atoms with van der Waals surface area (Å²) in [5, 5.41) is 9.48. The lowest BCUT2D eigenvalue weighted by atomic mass is 10.2. The summed E-state index contributed by atoms with van der Waals surface area (Å²) in [6.07, 6.45) is 1.62. The molecule has 0 saturated carbocycles. The van der Waals surface area contributed by atoms with E-state index in [4.69, 9.17) is 16.7 Å². The zero-order valence-corrected chi connectivity index (χ0v) is 10.7. The van der Waals surface area contributed by atoms with Crippen LogP contribution in [-0.4, -0.2) is 44.1 Å². The lowest BCUT2D eigenvalue weighted by Crippen LogP contribution is -2.42. The molecule has 1 aromatic rings. The Hall–Kier alpha value is -1.14. The molecule has 1 atom stereocenters. The van der Waals surface area contributed by atoms with Gasteiger partial charge in [0.05, 0.1) is 10.9 Å². The van der Waals surface area contributed by atoms with Crippen LogP contribution in [0, 0.1) is 0 Å². The van der Waals surface area contributed by atoms with Crippen molar-refractivity contribution in [3.8, 4) is 0 Å². The maximum Gasteiger partial charge on any atom is 0.327 e. The van der Waals surface area contributed by atoms with Crippen LogP contribution in [0.25, 0.3) is 0 Å². The number of carbonyl (C=O) groups excluding carboxylic acids is 1. The summed E-state index contributed by atoms with van der Waals surface area (Å²) in [4.78, 5) is 24.5. The van der Waals surface area contributed by atoms with Crippen molar-refractivity contribution < 1.29 is 14.7 Å². The van der Waals surface area contributed by atoms with Gasteiger partial charge in [0.1, 0.15) is 11.7 Å². The number of carbonyl (C=O) groups is 2. The second-order valence-electron chi connectivity index (χ2n) is 3.78. The number of nitrogens with zero attached hydrogens (tertiary/aromatic N) is 2. The highest BCUT2D eigenvalue weighted by molar-refractivity contribution is 7.99. The highest BCUT2D eigenvalue weighted by atomic mass is 35.5. The van der Waals surface area contributed by atoms with E-state index >= 15 is 0 Å². The van der Waals surface area contributed by atoms with Gasteiger partial charge in [-0.05, 0) is 6.07 Å². The van der Waals surface area contributed by atoms with Crippen LogP contribution in [0.15, 0.2) is 12.3 Å². The Labute approximate surface area is 107 Å². The highest BCUT2D eigenvalue weighted by Gasteiger charge is 2.35. The zero-order valence-electron chi connectivity index (χ0n) is 9.09. The highest BCUT2D eigenvalue weighted by Crippen LogP contribution is 2.24. The number of halogens is 1. The van der Waals surface area contributed by atoms with E-state index in [2.05, 4.69) is 0 Å². The number of aryl methyl sites for hydroxylation is 1. The van der Waals surface area contributed by atoms with E-state index in [1.54, 1.807) is 23.9 Å². The maximum absolute atomic E-state index is 12.2. The molecule has 0 spiro atoms. The summed E-state index contributed by atoms with van der Waals surface area (Å²) in [5.74, 6) is -0.432. The van der Waals surface area contributed by atoms with Crippen LogP contribution >= 0.6 is 23.4 Å². The molecule has 1 amide bonds. The maximum atomic E-state index is 12.2. The molecule has 0 bridgehead atoms. The molecule has 5 nitrogen and oxygen atoms in total. The van der Waals surface area contributed by atoms with E-state index in [9.17, 15) is 9.59 Å². The van der Waals surface area contributed by atoms with Crippen LogP contribution in [0.3, 0.4) is 0 Å². The van der Waals surface area contributed by atoms with Crippen LogP contribution in [0.4, 0.5) is 0 Å². The Morgan fingerprint density at radius 2 is 2.29 bits per heavy atom. The Kier molecular flexibility index (Phi) is 3.35. The van der Waals surface area contributed by atoms with E-state index in [0.29, 0.717) is 22.3 Å². The van der Waals surface area contributed by atoms with E-state index in [-0.39, 0.29) is 5.91 Å². The molecule has 17 heavy (non-hydrogen) atoms. The average Bonchev–Trinajstić information content (AvgIpc) is 2.83. The van der Waals surface area contributed by atoms with Crippen molar-refractivity contribution in [1.29, 1.82) is 0 Å². The number of aromatic nitrogens is 1. The Bertz CT molecular complexity index is 474. The normalized spacial score (nSPS) is 19.6. The topological polar surface area (TPSA) is 62.5 Å². The number of rotatable bonds is 2. The lowest BCUT2D eigenvalue weighted by molar-refractivity contribution is -0.140. The third-order valence-corrected chi connectivity index (χ3v) is 3.84. The fraction of sp³-hybridized carbons (Fsp3) is 0.400. The van der Waals surface area contributed by atoms with Crippen molar-refractivity contribution in [3.05, 3.63) is 23.0 Å². The summed E-state index contributed by atoms with van der Waals surface area (Å²) < 4.78 is 1.60. The third kappa shape index (κ3) is 2.28. The van der Waals surface area contributed by atoms with Crippen molar-refractivity contribution in [2.45, 2.75) is 6.04 Å². The fourth-order valence-corrected chi connectivity index (χ4v) is 3.13. The Balaban J connectivity index is 2.25. The summed E-state index contributed by atoms with van der Waals surface area (Å²) in [6, 6.07) is 0.798. The second kappa shape index (κ2) is 4.62. The monoisotopic (exact) mass is 274 g/mol. The minimum Gasteiger partial charge on any atom is -0.480 e. The van der Waals surface area contributed by atoms with Crippen molar-refractivity contribution in [1.82, 2.24) is 9.47 Å². The molecule has 2 rings (SSSR count). The standard InChI is InChI=1S/C10H11ClN2O3S/c1-12-3-6(11)2-7(12)9(14)13-5-17-4-8(13)10(15)16/h2-3,8H,4-5H2,1H3,(H,15,16)/t8-/m0/s1. The van der Waals surface area contributed by atoms with Crippen molar-refractivity contribution in [3.63, 3.8) is 0 Å². The molecule has 92 valence electrons. The number of thioether (sulfide) groups is 1. The first-order chi connectivity index (χ1) is 8.00. The molecule has 1 aliphatic rings. The van der Waals surface area contributed by atoms with Gasteiger partial charge in [0.2, 0.25) is 0 Å². The van der Waals surface area contributed by atoms with Gasteiger partial charge in [-0.2, -0.15) is 0 Å². The number of carboxylic acid groups (broad SMARTS) is 1. The smallest absolute Gasteiger partial charge is 0.327 e. The molecular weight excluding hydrogens is 264 g/mol. The van der Waals surface area contributed by atoms with Crippen LogP contribution in [0.5, 0.6) is 0 Å². The molecule has 1 aliphatic heterocycles. The minimum atomic E-state index is -0.969. The first-order valence-corrected chi connectivity index (χ1v) is 6.47. The van der Waals surface area contributed by atoms with Crippen LogP contribution in [0.1, 0.15) is 10.5 Å². The molecule has 1 aromatic heterocycles. The molecule has 0 aromatic carbocycles. The molecule has 0 radical (unpaired) electrons. The van der Waals surface area contributed by atoms with Gasteiger partial charge in [-0.1, -0.05) is 11.6 Å². The summed E-state index contributed by atoms with van der Waals surface area (Å²) in [5.41, 5.74) is 0.406. The Morgan fingerprint density at radius 3 is 2.82 bits per heavy atom. The van der Waals surface area contributed by atoms with Gasteiger partial charge in [-0.3, -0.25) is 4.79 Å². The Morgan fingerprint density at radius 1 is 1.59 bits per heavy atom. The first kappa shape index (κ1) is 12.3. The fourth-order valence-electron chi connectivity index (χ4n) is 1.73. The van der Waals surface area contributed by atoms with Gasteiger partial charge in [-0.25, -0.2) is 4.79 Å². The molecule has 0 aliphatic carbocycles. The summed E-state index contributed by atoms with van der Waals surface area (Å²) in [6.45, 7) is 0. The molecule has 7 heteroatoms. The van der Waals surface area contributed by atoms with Gasteiger partial charge < -0.3 is 14.6 Å². The minimum absolute atomic E-state index is 0.295. The van der Waals surface area contributed by atoms with E-state index < -0.39 is 12.0 Å².